The molecule has 222 valence electrons. The second kappa shape index (κ2) is 11.5. The van der Waals surface area contributed by atoms with Gasteiger partial charge in [0.05, 0.1) is 0 Å². The molecule has 0 radical (unpaired) electrons. The van der Waals surface area contributed by atoms with Gasteiger partial charge < -0.3 is 15.1 Å². The van der Waals surface area contributed by atoms with Gasteiger partial charge in [-0.3, -0.25) is 0 Å². The van der Waals surface area contributed by atoms with Gasteiger partial charge in [-0.25, -0.2) is 14.4 Å². The van der Waals surface area contributed by atoms with Crippen LogP contribution in [0.3, 0.4) is 0 Å². The Morgan fingerprint density at radius 2 is 1.84 bits per heavy atom. The van der Waals surface area contributed by atoms with E-state index in [1.54, 1.807) is 0 Å². The number of piperazine rings is 1. The zero-order valence-corrected chi connectivity index (χ0v) is 25.7. The van der Waals surface area contributed by atoms with E-state index in [1.165, 1.54) is 45.2 Å². The highest BCUT2D eigenvalue weighted by Gasteiger charge is 2.34. The normalized spacial score (nSPS) is 24.7. The van der Waals surface area contributed by atoms with Crippen LogP contribution in [0.15, 0.2) is 42.5 Å². The van der Waals surface area contributed by atoms with E-state index in [2.05, 4.69) is 39.0 Å². The van der Waals surface area contributed by atoms with Crippen LogP contribution in [-0.2, 0) is 6.42 Å². The van der Waals surface area contributed by atoms with Gasteiger partial charge in [0, 0.05) is 66.1 Å². The second-order valence-corrected chi connectivity index (χ2v) is 13.2. The summed E-state index contributed by atoms with van der Waals surface area (Å²) in [5.41, 5.74) is 3.54. The molecule has 6 heteroatoms. The Morgan fingerprint density at radius 3 is 2.58 bits per heavy atom. The zero-order valence-electron chi connectivity index (χ0n) is 25.7. The van der Waals surface area contributed by atoms with Crippen LogP contribution >= 0.6 is 0 Å². The van der Waals surface area contributed by atoms with E-state index in [4.69, 9.17) is 11.4 Å². The van der Waals surface area contributed by atoms with Gasteiger partial charge in [-0.15, -0.1) is 6.42 Å². The number of aromatic nitrogens is 2. The van der Waals surface area contributed by atoms with Crippen molar-refractivity contribution in [2.75, 3.05) is 31.1 Å². The lowest BCUT2D eigenvalue weighted by Crippen LogP contribution is -2.51. The first-order valence-electron chi connectivity index (χ1n) is 16.2. The third-order valence-corrected chi connectivity index (χ3v) is 9.95. The first-order chi connectivity index (χ1) is 20.9. The number of terminal acetylenes is 1. The third-order valence-electron chi connectivity index (χ3n) is 9.95. The molecule has 1 N–H and O–H groups in total. The molecule has 43 heavy (non-hydrogen) atoms. The number of benzene rings is 3. The number of nitrogens with zero attached hydrogens (tertiary/aromatic N) is 4. The predicted molar refractivity (Wildman–Crippen MR) is 175 cm³/mol. The topological polar surface area (TPSA) is 44.3 Å². The van der Waals surface area contributed by atoms with E-state index in [-0.39, 0.29) is 5.82 Å². The SMILES string of the molecule is C#Cc1cccc2cc(C)cc(-c3ccc4c(N5CC6CCC(C5)N6)nc(CC)nc4c3F)c12.CC1CC2CCCN2C1. The summed E-state index contributed by atoms with van der Waals surface area (Å²) >= 11 is 0. The standard InChI is InChI=1S/C29H27FN4.C8H15N/c1-4-18-7-6-8-19-13-17(3)14-24(26(18)19)22-11-12-23-28(27(22)30)32-25(5-2)33-29(23)34-15-20-9-10-21(16-34)31-20;1-7-5-8-3-2-4-9(8)6-7/h1,6-8,11-14,20-21,31H,5,9-10,15-16H2,2-3H3;7-8H,2-6H2,1H3. The van der Waals surface area contributed by atoms with Gasteiger partial charge in [-0.2, -0.15) is 0 Å². The molecule has 1 aromatic heterocycles. The van der Waals surface area contributed by atoms with Crippen LogP contribution in [0.1, 0.15) is 62.9 Å². The molecule has 5 nitrogen and oxygen atoms in total. The maximum Gasteiger partial charge on any atom is 0.157 e. The largest absolute Gasteiger partial charge is 0.353 e. The number of hydrogen-bond donors (Lipinski definition) is 1. The fourth-order valence-electron chi connectivity index (χ4n) is 8.02. The van der Waals surface area contributed by atoms with Crippen molar-refractivity contribution in [1.29, 1.82) is 0 Å². The summed E-state index contributed by atoms with van der Waals surface area (Å²) in [6.07, 6.45) is 13.2. The molecular formula is C37H42FN5. The van der Waals surface area contributed by atoms with Crippen LogP contribution in [0, 0.1) is 31.0 Å². The van der Waals surface area contributed by atoms with Gasteiger partial charge in [0.15, 0.2) is 5.82 Å². The molecule has 4 unspecified atom stereocenters. The molecule has 4 aromatic rings. The van der Waals surface area contributed by atoms with Crippen molar-refractivity contribution >= 4 is 27.5 Å². The summed E-state index contributed by atoms with van der Waals surface area (Å²) in [4.78, 5) is 14.5. The molecule has 0 amide bonds. The van der Waals surface area contributed by atoms with Crippen molar-refractivity contribution in [2.24, 2.45) is 5.92 Å². The number of rotatable bonds is 3. The highest BCUT2D eigenvalue weighted by molar-refractivity contribution is 6.03. The Morgan fingerprint density at radius 1 is 1.02 bits per heavy atom. The summed E-state index contributed by atoms with van der Waals surface area (Å²) in [6.45, 7) is 11.0. The van der Waals surface area contributed by atoms with Gasteiger partial charge >= 0.3 is 0 Å². The molecule has 3 aromatic carbocycles. The number of aryl methyl sites for hydroxylation is 2. The Bertz CT molecular complexity index is 1700. The van der Waals surface area contributed by atoms with E-state index in [0.29, 0.717) is 35.4 Å². The van der Waals surface area contributed by atoms with Crippen molar-refractivity contribution in [3.05, 3.63) is 65.2 Å². The van der Waals surface area contributed by atoms with Crippen molar-refractivity contribution < 1.29 is 4.39 Å². The summed E-state index contributed by atoms with van der Waals surface area (Å²) in [5, 5.41) is 6.35. The molecule has 0 aliphatic carbocycles. The summed E-state index contributed by atoms with van der Waals surface area (Å²) in [5.74, 6) is 4.97. The maximum atomic E-state index is 16.3. The lowest BCUT2D eigenvalue weighted by molar-refractivity contribution is 0.319. The second-order valence-electron chi connectivity index (χ2n) is 13.2. The third kappa shape index (κ3) is 5.28. The summed E-state index contributed by atoms with van der Waals surface area (Å²) in [7, 11) is 0. The minimum atomic E-state index is -0.312. The smallest absolute Gasteiger partial charge is 0.157 e. The number of fused-ring (bicyclic) bond motifs is 5. The van der Waals surface area contributed by atoms with Gasteiger partial charge in [-0.05, 0) is 80.1 Å². The fraction of sp³-hybridized carbons (Fsp3) is 0.459. The minimum Gasteiger partial charge on any atom is -0.353 e. The number of hydrogen-bond acceptors (Lipinski definition) is 5. The van der Waals surface area contributed by atoms with Crippen LogP contribution in [0.25, 0.3) is 32.8 Å². The first kappa shape index (κ1) is 28.3. The number of halogens is 1. The number of anilines is 1. The molecule has 0 spiro atoms. The molecule has 4 atom stereocenters. The first-order valence-corrected chi connectivity index (χ1v) is 16.2. The van der Waals surface area contributed by atoms with E-state index < -0.39 is 0 Å². The molecular weight excluding hydrogens is 533 g/mol. The van der Waals surface area contributed by atoms with Crippen LogP contribution in [0.2, 0.25) is 0 Å². The van der Waals surface area contributed by atoms with Gasteiger partial charge in [-0.1, -0.05) is 50.1 Å². The van der Waals surface area contributed by atoms with E-state index in [9.17, 15) is 0 Å². The van der Waals surface area contributed by atoms with Gasteiger partial charge in [0.25, 0.3) is 0 Å². The van der Waals surface area contributed by atoms with E-state index in [0.717, 1.165) is 63.7 Å². The van der Waals surface area contributed by atoms with E-state index >= 15 is 4.39 Å². The molecule has 0 saturated carbocycles. The molecule has 2 bridgehead atoms. The van der Waals surface area contributed by atoms with Crippen LogP contribution < -0.4 is 10.2 Å². The van der Waals surface area contributed by atoms with Crippen LogP contribution in [0.4, 0.5) is 10.2 Å². The molecule has 4 fully saturated rings. The monoisotopic (exact) mass is 575 g/mol. The highest BCUT2D eigenvalue weighted by atomic mass is 19.1. The molecule has 8 rings (SSSR count). The lowest BCUT2D eigenvalue weighted by atomic mass is 9.92. The predicted octanol–water partition coefficient (Wildman–Crippen LogP) is 6.87. The summed E-state index contributed by atoms with van der Waals surface area (Å²) < 4.78 is 16.3. The Hall–Kier alpha value is -3.53. The van der Waals surface area contributed by atoms with E-state index in [1.807, 2.05) is 50.2 Å². The molecule has 4 saturated heterocycles. The van der Waals surface area contributed by atoms with Gasteiger partial charge in [0.1, 0.15) is 17.2 Å². The van der Waals surface area contributed by atoms with Gasteiger partial charge in [0.2, 0.25) is 0 Å². The molecule has 4 aliphatic rings. The lowest BCUT2D eigenvalue weighted by Gasteiger charge is -2.34. The Balaban J connectivity index is 0.000000283. The van der Waals surface area contributed by atoms with Crippen molar-refractivity contribution in [2.45, 2.75) is 77.4 Å². The Kier molecular flexibility index (Phi) is 7.57. The fourth-order valence-corrected chi connectivity index (χ4v) is 8.02. The van der Waals surface area contributed by atoms with Crippen molar-refractivity contribution in [3.63, 3.8) is 0 Å². The molecule has 5 heterocycles. The molecule has 4 aliphatic heterocycles. The number of nitrogens with one attached hydrogen (secondary N) is 1. The zero-order chi connectivity index (χ0) is 29.7. The van der Waals surface area contributed by atoms with Crippen molar-refractivity contribution in [1.82, 2.24) is 20.2 Å². The van der Waals surface area contributed by atoms with Crippen LogP contribution in [-0.4, -0.2) is 59.2 Å². The summed E-state index contributed by atoms with van der Waals surface area (Å²) in [6, 6.07) is 15.8. The Labute approximate surface area is 254 Å². The minimum absolute atomic E-state index is 0.312. The average Bonchev–Trinajstić information content (AvgIpc) is 3.70. The quantitative estimate of drug-likeness (QED) is 0.270. The van der Waals surface area contributed by atoms with Crippen LogP contribution in [0.5, 0.6) is 0 Å². The maximum absolute atomic E-state index is 16.3. The average molecular weight is 576 g/mol. The highest BCUT2D eigenvalue weighted by Crippen LogP contribution is 2.38. The van der Waals surface area contributed by atoms with Crippen molar-refractivity contribution in [3.8, 4) is 23.5 Å².